The maximum Gasteiger partial charge on any atom is 0.490 e. The third-order valence-corrected chi connectivity index (χ3v) is 7.83. The lowest BCUT2D eigenvalue weighted by Gasteiger charge is -2.45. The number of hydrogen-bond donors (Lipinski definition) is 3. The van der Waals surface area contributed by atoms with Gasteiger partial charge in [0.25, 0.3) is 0 Å². The summed E-state index contributed by atoms with van der Waals surface area (Å²) in [5.41, 5.74) is 4.62. The van der Waals surface area contributed by atoms with Gasteiger partial charge in [0.2, 0.25) is 0 Å². The van der Waals surface area contributed by atoms with Crippen LogP contribution in [-0.2, 0) is 10.2 Å². The summed E-state index contributed by atoms with van der Waals surface area (Å²) in [6.07, 6.45) is -1.04. The van der Waals surface area contributed by atoms with Crippen molar-refractivity contribution in [3.05, 3.63) is 53.1 Å². The van der Waals surface area contributed by atoms with Crippen LogP contribution >= 0.6 is 0 Å². The van der Waals surface area contributed by atoms with Crippen LogP contribution in [-0.4, -0.2) is 68.1 Å². The van der Waals surface area contributed by atoms with Crippen molar-refractivity contribution in [3.8, 4) is 11.5 Å². The van der Waals surface area contributed by atoms with Crippen molar-refractivity contribution in [2.24, 2.45) is 0 Å². The Labute approximate surface area is 226 Å². The zero-order chi connectivity index (χ0) is 29.0. The molecule has 2 fully saturated rings. The molecule has 39 heavy (non-hydrogen) atoms. The van der Waals surface area contributed by atoms with Crippen LogP contribution in [0.5, 0.6) is 11.5 Å². The van der Waals surface area contributed by atoms with E-state index in [4.69, 9.17) is 19.4 Å². The van der Waals surface area contributed by atoms with Crippen LogP contribution < -0.4 is 20.1 Å². The van der Waals surface area contributed by atoms with Gasteiger partial charge in [-0.05, 0) is 94.1 Å². The first kappa shape index (κ1) is 30.1. The molecule has 1 aliphatic heterocycles. The number of nitrogens with zero attached hydrogens (tertiary/aromatic N) is 1. The van der Waals surface area contributed by atoms with E-state index in [1.165, 1.54) is 16.7 Å². The molecule has 0 spiro atoms. The predicted molar refractivity (Wildman–Crippen MR) is 142 cm³/mol. The quantitative estimate of drug-likeness (QED) is 0.468. The Morgan fingerprint density at radius 2 is 1.69 bits per heavy atom. The highest BCUT2D eigenvalue weighted by Crippen LogP contribution is 2.49. The van der Waals surface area contributed by atoms with Gasteiger partial charge in [0.1, 0.15) is 0 Å². The standard InChI is InChI=1S/C26H35N3O3.C2HF3O2/c1-17-6-8-20(14-18(17)2)27-25(30)28-21-10-11-26(12-13-29(3)24(26)16-21)19-7-9-22(31-4)23(15-19)32-5;3-2(4,5)1(6)7/h6-9,14-15,21,24H,10-13,16H2,1-5H3,(H2,27,28,30);(H,6,7). The molecular weight excluding hydrogens is 515 g/mol. The van der Waals surface area contributed by atoms with E-state index in [1.54, 1.807) is 14.2 Å². The number of carbonyl (C=O) groups excluding carboxylic acids is 1. The summed E-state index contributed by atoms with van der Waals surface area (Å²) in [6, 6.07) is 12.8. The number of methoxy groups -OCH3 is 2. The molecule has 1 aliphatic carbocycles. The second kappa shape index (κ2) is 12.1. The lowest BCUT2D eigenvalue weighted by molar-refractivity contribution is -0.192. The fraction of sp³-hybridized carbons (Fsp3) is 0.500. The number of amides is 2. The smallest absolute Gasteiger partial charge is 0.490 e. The highest BCUT2D eigenvalue weighted by atomic mass is 19.4. The maximum absolute atomic E-state index is 12.7. The van der Waals surface area contributed by atoms with Gasteiger partial charge in [0.15, 0.2) is 11.5 Å². The molecule has 3 N–H and O–H groups in total. The maximum atomic E-state index is 12.7. The highest BCUT2D eigenvalue weighted by Gasteiger charge is 2.50. The first-order valence-corrected chi connectivity index (χ1v) is 12.7. The molecule has 1 saturated heterocycles. The molecule has 0 bridgehead atoms. The summed E-state index contributed by atoms with van der Waals surface area (Å²) in [4.78, 5) is 24.0. The number of carbonyl (C=O) groups is 2. The Hall–Kier alpha value is -3.47. The molecular formula is C28H36F3N3O5. The number of fused-ring (bicyclic) bond motifs is 1. The molecule has 3 unspecified atom stereocenters. The fourth-order valence-electron chi connectivity index (χ4n) is 5.57. The number of aryl methyl sites for hydroxylation is 2. The summed E-state index contributed by atoms with van der Waals surface area (Å²) < 4.78 is 42.8. The number of nitrogens with one attached hydrogen (secondary N) is 2. The minimum atomic E-state index is -5.08. The van der Waals surface area contributed by atoms with Gasteiger partial charge in [-0.2, -0.15) is 13.2 Å². The molecule has 0 aromatic heterocycles. The number of halogens is 3. The number of likely N-dealkylation sites (tertiary alicyclic amines) is 1. The Morgan fingerprint density at radius 1 is 1.03 bits per heavy atom. The number of likely N-dealkylation sites (N-methyl/N-ethyl adjacent to an activating group) is 1. The molecule has 4 rings (SSSR count). The number of rotatable bonds is 5. The molecule has 2 aromatic carbocycles. The van der Waals surface area contributed by atoms with E-state index in [-0.39, 0.29) is 17.5 Å². The minimum Gasteiger partial charge on any atom is -0.493 e. The number of ether oxygens (including phenoxy) is 2. The predicted octanol–water partition coefficient (Wildman–Crippen LogP) is 5.27. The summed E-state index contributed by atoms with van der Waals surface area (Å²) >= 11 is 0. The number of carboxylic acids is 1. The second-order valence-electron chi connectivity index (χ2n) is 10.1. The van der Waals surface area contributed by atoms with Gasteiger partial charge in [-0.25, -0.2) is 9.59 Å². The van der Waals surface area contributed by atoms with Crippen molar-refractivity contribution >= 4 is 17.7 Å². The highest BCUT2D eigenvalue weighted by molar-refractivity contribution is 5.89. The molecule has 1 saturated carbocycles. The van der Waals surface area contributed by atoms with Crippen molar-refractivity contribution in [3.63, 3.8) is 0 Å². The van der Waals surface area contributed by atoms with Crippen molar-refractivity contribution in [1.82, 2.24) is 10.2 Å². The van der Waals surface area contributed by atoms with E-state index in [0.29, 0.717) is 6.04 Å². The summed E-state index contributed by atoms with van der Waals surface area (Å²) in [5.74, 6) is -1.22. The van der Waals surface area contributed by atoms with Crippen LogP contribution in [0.3, 0.4) is 0 Å². The normalized spacial score (nSPS) is 22.7. The Kier molecular flexibility index (Phi) is 9.37. The number of anilines is 1. The largest absolute Gasteiger partial charge is 0.493 e. The van der Waals surface area contributed by atoms with Gasteiger partial charge in [0.05, 0.1) is 14.2 Å². The van der Waals surface area contributed by atoms with Crippen LogP contribution in [0.1, 0.15) is 42.4 Å². The molecule has 3 atom stereocenters. The fourth-order valence-corrected chi connectivity index (χ4v) is 5.57. The number of hydrogen-bond acceptors (Lipinski definition) is 5. The third-order valence-electron chi connectivity index (χ3n) is 7.83. The second-order valence-corrected chi connectivity index (χ2v) is 10.1. The average Bonchev–Trinajstić information content (AvgIpc) is 3.22. The number of aliphatic carboxylic acids is 1. The van der Waals surface area contributed by atoms with Crippen LogP contribution in [0, 0.1) is 13.8 Å². The first-order chi connectivity index (χ1) is 18.3. The van der Waals surface area contributed by atoms with Crippen LogP contribution in [0.4, 0.5) is 23.7 Å². The minimum absolute atomic E-state index is 0.0804. The zero-order valence-electron chi connectivity index (χ0n) is 22.8. The summed E-state index contributed by atoms with van der Waals surface area (Å²) in [6.45, 7) is 5.19. The Balaban J connectivity index is 0.000000532. The number of carboxylic acid groups (broad SMARTS) is 1. The van der Waals surface area contributed by atoms with Crippen molar-refractivity contribution in [1.29, 1.82) is 0 Å². The molecule has 0 radical (unpaired) electrons. The van der Waals surface area contributed by atoms with Gasteiger partial charge < -0.3 is 30.1 Å². The number of urea groups is 1. The van der Waals surface area contributed by atoms with Crippen LogP contribution in [0.15, 0.2) is 36.4 Å². The van der Waals surface area contributed by atoms with Crippen LogP contribution in [0.25, 0.3) is 0 Å². The van der Waals surface area contributed by atoms with Crippen molar-refractivity contribution in [2.45, 2.75) is 63.2 Å². The van der Waals surface area contributed by atoms with Gasteiger partial charge in [-0.3, -0.25) is 0 Å². The topological polar surface area (TPSA) is 100 Å². The lowest BCUT2D eigenvalue weighted by atomic mass is 9.65. The molecule has 2 amide bonds. The lowest BCUT2D eigenvalue weighted by Crippen LogP contribution is -2.52. The van der Waals surface area contributed by atoms with Crippen molar-refractivity contribution < 1.29 is 37.3 Å². The molecule has 2 aliphatic rings. The van der Waals surface area contributed by atoms with E-state index in [1.807, 2.05) is 24.3 Å². The monoisotopic (exact) mass is 551 g/mol. The molecule has 2 aromatic rings. The van der Waals surface area contributed by atoms with Crippen molar-refractivity contribution in [2.75, 3.05) is 33.1 Å². The summed E-state index contributed by atoms with van der Waals surface area (Å²) in [7, 11) is 5.55. The van der Waals surface area contributed by atoms with E-state index in [2.05, 4.69) is 48.6 Å². The van der Waals surface area contributed by atoms with E-state index >= 15 is 0 Å². The van der Waals surface area contributed by atoms with E-state index < -0.39 is 12.1 Å². The molecule has 11 heteroatoms. The van der Waals surface area contributed by atoms with E-state index in [0.717, 1.165) is 49.4 Å². The molecule has 8 nitrogen and oxygen atoms in total. The first-order valence-electron chi connectivity index (χ1n) is 12.7. The number of benzene rings is 2. The van der Waals surface area contributed by atoms with Gasteiger partial charge in [0, 0.05) is 23.2 Å². The van der Waals surface area contributed by atoms with Crippen LogP contribution in [0.2, 0.25) is 0 Å². The van der Waals surface area contributed by atoms with Gasteiger partial charge in [-0.15, -0.1) is 0 Å². The van der Waals surface area contributed by atoms with Gasteiger partial charge in [-0.1, -0.05) is 12.1 Å². The van der Waals surface area contributed by atoms with Gasteiger partial charge >= 0.3 is 18.2 Å². The Morgan fingerprint density at radius 3 is 2.28 bits per heavy atom. The number of alkyl halides is 3. The third kappa shape index (κ3) is 6.95. The molecule has 214 valence electrons. The average molecular weight is 552 g/mol. The zero-order valence-corrected chi connectivity index (χ0v) is 22.8. The van der Waals surface area contributed by atoms with E-state index in [9.17, 15) is 18.0 Å². The SMILES string of the molecule is COc1ccc(C23CCC(NC(=O)Nc4ccc(C)c(C)c4)CC2N(C)CC3)cc1OC.O=C(O)C(F)(F)F. The summed E-state index contributed by atoms with van der Waals surface area (Å²) in [5, 5.41) is 13.4. The molecule has 1 heterocycles. The Bertz CT molecular complexity index is 1190.